The quantitative estimate of drug-likeness (QED) is 0.838. The third-order valence-electron chi connectivity index (χ3n) is 2.39. The van der Waals surface area contributed by atoms with E-state index in [0.29, 0.717) is 13.1 Å². The van der Waals surface area contributed by atoms with Crippen LogP contribution in [-0.2, 0) is 16.6 Å². The number of hydrogen-bond donors (Lipinski definition) is 1. The number of thiophene rings is 1. The molecule has 0 saturated carbocycles. The molecule has 0 spiro atoms. The number of nitrogens with two attached hydrogens (primary N) is 1. The lowest BCUT2D eigenvalue weighted by molar-refractivity contribution is 0.462. The first-order valence-electron chi connectivity index (χ1n) is 6.05. The van der Waals surface area contributed by atoms with Crippen molar-refractivity contribution < 1.29 is 8.42 Å². The lowest BCUT2D eigenvalue weighted by Crippen LogP contribution is -2.30. The van der Waals surface area contributed by atoms with Gasteiger partial charge in [0.2, 0.25) is 10.0 Å². The first kappa shape index (κ1) is 16.2. The Morgan fingerprint density at radius 1 is 1.47 bits per heavy atom. The van der Waals surface area contributed by atoms with Crippen molar-refractivity contribution in [1.82, 2.24) is 4.31 Å². The summed E-state index contributed by atoms with van der Waals surface area (Å²) in [5.41, 5.74) is 6.20. The van der Waals surface area contributed by atoms with Crippen molar-refractivity contribution >= 4 is 21.4 Å². The Hall–Kier alpha value is -0.870. The van der Waals surface area contributed by atoms with Gasteiger partial charge in [0, 0.05) is 29.4 Å². The van der Waals surface area contributed by atoms with E-state index in [1.807, 2.05) is 25.3 Å². The van der Waals surface area contributed by atoms with Crippen LogP contribution in [0.15, 0.2) is 11.4 Å². The number of nitrogens with zero attached hydrogens (tertiary/aromatic N) is 1. The Morgan fingerprint density at radius 2 is 2.16 bits per heavy atom. The van der Waals surface area contributed by atoms with E-state index in [-0.39, 0.29) is 11.7 Å². The molecule has 0 unspecified atom stereocenters. The molecule has 4 nitrogen and oxygen atoms in total. The summed E-state index contributed by atoms with van der Waals surface area (Å²) >= 11 is 1.51. The molecule has 0 aromatic carbocycles. The number of hydrogen-bond acceptors (Lipinski definition) is 4. The van der Waals surface area contributed by atoms with E-state index in [1.165, 1.54) is 15.6 Å². The van der Waals surface area contributed by atoms with E-state index in [9.17, 15) is 8.42 Å². The van der Waals surface area contributed by atoms with Crippen molar-refractivity contribution in [2.75, 3.05) is 19.3 Å². The van der Waals surface area contributed by atoms with Gasteiger partial charge < -0.3 is 5.73 Å². The molecule has 0 fully saturated rings. The Balaban J connectivity index is 2.72. The third kappa shape index (κ3) is 5.33. The minimum atomic E-state index is -3.18. The van der Waals surface area contributed by atoms with Gasteiger partial charge in [-0.3, -0.25) is 0 Å². The summed E-state index contributed by atoms with van der Waals surface area (Å²) in [6.07, 6.45) is 0. The minimum Gasteiger partial charge on any atom is -0.320 e. The maximum absolute atomic E-state index is 12.0. The molecule has 0 aliphatic rings. The van der Waals surface area contributed by atoms with Gasteiger partial charge in [-0.15, -0.1) is 11.3 Å². The van der Waals surface area contributed by atoms with Crippen molar-refractivity contribution in [3.8, 4) is 11.8 Å². The molecule has 0 atom stereocenters. The second-order valence-electron chi connectivity index (χ2n) is 4.74. The predicted molar refractivity (Wildman–Crippen MR) is 80.3 cm³/mol. The van der Waals surface area contributed by atoms with Crippen LogP contribution in [0.5, 0.6) is 0 Å². The topological polar surface area (TPSA) is 63.4 Å². The largest absolute Gasteiger partial charge is 0.320 e. The zero-order valence-corrected chi connectivity index (χ0v) is 13.1. The first-order chi connectivity index (χ1) is 8.85. The van der Waals surface area contributed by atoms with Gasteiger partial charge in [0.15, 0.2) is 0 Å². The van der Waals surface area contributed by atoms with E-state index >= 15 is 0 Å². The Morgan fingerprint density at radius 3 is 2.74 bits per heavy atom. The summed E-state index contributed by atoms with van der Waals surface area (Å²) in [6, 6.07) is 1.91. The van der Waals surface area contributed by atoms with Crippen LogP contribution in [0.1, 0.15) is 24.3 Å². The van der Waals surface area contributed by atoms with Gasteiger partial charge in [-0.25, -0.2) is 8.42 Å². The van der Waals surface area contributed by atoms with Gasteiger partial charge in [0.25, 0.3) is 0 Å². The van der Waals surface area contributed by atoms with Crippen LogP contribution in [0.3, 0.4) is 0 Å². The predicted octanol–water partition coefficient (Wildman–Crippen LogP) is 1.48. The fourth-order valence-corrected chi connectivity index (χ4v) is 3.93. The average Bonchev–Trinajstić information content (AvgIpc) is 2.72. The lowest BCUT2D eigenvalue weighted by atomic mass is 10.3. The van der Waals surface area contributed by atoms with E-state index < -0.39 is 10.0 Å². The monoisotopic (exact) mass is 300 g/mol. The molecule has 0 aliphatic carbocycles. The van der Waals surface area contributed by atoms with Crippen LogP contribution in [-0.4, -0.2) is 32.1 Å². The standard InChI is InChI=1S/C13H20N2O2S2/c1-11(2)10-19(16,17)15(3)8-13-7-12(9-18-13)5-4-6-14/h7,9,11H,6,8,10,14H2,1-3H3. The summed E-state index contributed by atoms with van der Waals surface area (Å²) < 4.78 is 25.4. The second-order valence-corrected chi connectivity index (χ2v) is 7.85. The van der Waals surface area contributed by atoms with Crippen molar-refractivity contribution in [2.45, 2.75) is 20.4 Å². The van der Waals surface area contributed by atoms with Gasteiger partial charge in [-0.05, 0) is 12.0 Å². The summed E-state index contributed by atoms with van der Waals surface area (Å²) in [7, 11) is -1.57. The fourth-order valence-electron chi connectivity index (χ4n) is 1.55. The van der Waals surface area contributed by atoms with Crippen LogP contribution >= 0.6 is 11.3 Å². The van der Waals surface area contributed by atoms with Gasteiger partial charge in [0.1, 0.15) is 0 Å². The minimum absolute atomic E-state index is 0.127. The summed E-state index contributed by atoms with van der Waals surface area (Å²) in [5, 5.41) is 1.92. The average molecular weight is 300 g/mol. The van der Waals surface area contributed by atoms with Crippen LogP contribution in [0.25, 0.3) is 0 Å². The Kier molecular flexibility index (Phi) is 6.01. The molecule has 0 saturated heterocycles. The van der Waals surface area contributed by atoms with Gasteiger partial charge in [-0.1, -0.05) is 25.7 Å². The maximum atomic E-state index is 12.0. The molecule has 2 N–H and O–H groups in total. The summed E-state index contributed by atoms with van der Waals surface area (Å²) in [6.45, 7) is 4.52. The highest BCUT2D eigenvalue weighted by atomic mass is 32.2. The van der Waals surface area contributed by atoms with Crippen molar-refractivity contribution in [3.05, 3.63) is 21.9 Å². The summed E-state index contributed by atoms with van der Waals surface area (Å²) in [4.78, 5) is 0.983. The first-order valence-corrected chi connectivity index (χ1v) is 8.54. The third-order valence-corrected chi connectivity index (χ3v) is 5.47. The zero-order valence-electron chi connectivity index (χ0n) is 11.5. The smallest absolute Gasteiger partial charge is 0.214 e. The van der Waals surface area contributed by atoms with E-state index in [0.717, 1.165) is 10.4 Å². The molecule has 106 valence electrons. The molecular weight excluding hydrogens is 280 g/mol. The van der Waals surface area contributed by atoms with Gasteiger partial charge in [-0.2, -0.15) is 4.31 Å². The SMILES string of the molecule is CC(C)CS(=O)(=O)N(C)Cc1cc(C#CCN)cs1. The van der Waals surface area contributed by atoms with E-state index in [1.54, 1.807) is 7.05 Å². The molecule has 1 aromatic rings. The molecule has 0 aliphatic heterocycles. The molecule has 0 bridgehead atoms. The van der Waals surface area contributed by atoms with Crippen LogP contribution in [0, 0.1) is 17.8 Å². The molecule has 19 heavy (non-hydrogen) atoms. The molecule has 1 rings (SSSR count). The van der Waals surface area contributed by atoms with Crippen molar-refractivity contribution in [3.63, 3.8) is 0 Å². The zero-order chi connectivity index (χ0) is 14.5. The van der Waals surface area contributed by atoms with Crippen LogP contribution in [0.4, 0.5) is 0 Å². The lowest BCUT2D eigenvalue weighted by Gasteiger charge is -2.17. The fraction of sp³-hybridized carbons (Fsp3) is 0.538. The van der Waals surface area contributed by atoms with E-state index in [4.69, 9.17) is 5.73 Å². The van der Waals surface area contributed by atoms with Gasteiger partial charge in [0.05, 0.1) is 12.3 Å². The second kappa shape index (κ2) is 7.06. The van der Waals surface area contributed by atoms with Crippen molar-refractivity contribution in [1.29, 1.82) is 0 Å². The summed E-state index contributed by atoms with van der Waals surface area (Å²) in [5.74, 6) is 6.02. The van der Waals surface area contributed by atoms with Crippen LogP contribution in [0.2, 0.25) is 0 Å². The van der Waals surface area contributed by atoms with Crippen LogP contribution < -0.4 is 5.73 Å². The van der Waals surface area contributed by atoms with E-state index in [2.05, 4.69) is 11.8 Å². The normalized spacial score (nSPS) is 11.7. The highest BCUT2D eigenvalue weighted by Gasteiger charge is 2.19. The molecule has 6 heteroatoms. The molecule has 1 aromatic heterocycles. The molecule has 1 heterocycles. The highest BCUT2D eigenvalue weighted by Crippen LogP contribution is 2.17. The maximum Gasteiger partial charge on any atom is 0.214 e. The van der Waals surface area contributed by atoms with Gasteiger partial charge >= 0.3 is 0 Å². The number of sulfonamides is 1. The Labute approximate surface area is 119 Å². The van der Waals surface area contributed by atoms with Crippen molar-refractivity contribution in [2.24, 2.45) is 11.7 Å². The molecular formula is C13H20N2O2S2. The highest BCUT2D eigenvalue weighted by molar-refractivity contribution is 7.89. The Bertz CT molecular complexity index is 565. The number of rotatable bonds is 5. The molecule has 0 amide bonds. The molecule has 0 radical (unpaired) electrons.